The highest BCUT2D eigenvalue weighted by Gasteiger charge is 2.50. The lowest BCUT2D eigenvalue weighted by Crippen LogP contribution is -2.15. The molecule has 0 N–H and O–H groups in total. The van der Waals surface area contributed by atoms with Crippen molar-refractivity contribution in [3.8, 4) is 0 Å². The minimum atomic E-state index is 0.741. The molecule has 2 bridgehead atoms. The number of hydrogen-bond donors (Lipinski definition) is 0. The topological polar surface area (TPSA) is 0 Å². The summed E-state index contributed by atoms with van der Waals surface area (Å²) in [4.78, 5) is 0. The van der Waals surface area contributed by atoms with E-state index in [0.29, 0.717) is 0 Å². The van der Waals surface area contributed by atoms with Crippen LogP contribution in [0.3, 0.4) is 0 Å². The van der Waals surface area contributed by atoms with Crippen molar-refractivity contribution in [2.24, 2.45) is 17.3 Å². The molecular weight excluding hydrogens is 120 g/mol. The van der Waals surface area contributed by atoms with E-state index >= 15 is 0 Å². The maximum Gasteiger partial charge on any atom is -0.00841 e. The van der Waals surface area contributed by atoms with E-state index < -0.39 is 0 Å². The van der Waals surface area contributed by atoms with Gasteiger partial charge in [0, 0.05) is 0 Å². The van der Waals surface area contributed by atoms with E-state index in [1.54, 1.807) is 0 Å². The summed E-state index contributed by atoms with van der Waals surface area (Å²) in [5.41, 5.74) is 0.741. The second-order valence-corrected chi connectivity index (χ2v) is 4.38. The molecule has 3 rings (SSSR count). The Kier molecular flexibility index (Phi) is 0.805. The van der Waals surface area contributed by atoms with Crippen molar-refractivity contribution in [3.63, 3.8) is 0 Å². The van der Waals surface area contributed by atoms with E-state index in [-0.39, 0.29) is 0 Å². The van der Waals surface area contributed by atoms with Gasteiger partial charge in [-0.25, -0.2) is 0 Å². The second-order valence-electron chi connectivity index (χ2n) is 4.38. The fourth-order valence-electron chi connectivity index (χ4n) is 3.49. The van der Waals surface area contributed by atoms with Crippen LogP contribution in [0.1, 0.15) is 32.1 Å². The molecule has 0 amide bonds. The zero-order chi connectivity index (χ0) is 6.60. The van der Waals surface area contributed by atoms with Gasteiger partial charge in [0.25, 0.3) is 0 Å². The van der Waals surface area contributed by atoms with Crippen LogP contribution >= 0.6 is 0 Å². The highest BCUT2D eigenvalue weighted by atomic mass is 14.5. The SMILES string of the molecule is C1=C[C@@]23CCC[C@@H]2C[C@H]1C3. The standard InChI is InChI=1S/C10H14/c1-2-9-6-8-3-5-10(9,4-1)7-8/h3,5,8-9H,1-2,4,6-7H2/t8-,9+,10+/m0/s1. The van der Waals surface area contributed by atoms with Crippen LogP contribution < -0.4 is 0 Å². The maximum absolute atomic E-state index is 2.54. The molecule has 1 spiro atoms. The van der Waals surface area contributed by atoms with Crippen LogP contribution in [0.25, 0.3) is 0 Å². The Bertz CT molecular complexity index is 192. The molecule has 3 aliphatic rings. The monoisotopic (exact) mass is 134 g/mol. The number of rotatable bonds is 0. The Hall–Kier alpha value is -0.260. The lowest BCUT2D eigenvalue weighted by molar-refractivity contribution is 0.332. The van der Waals surface area contributed by atoms with E-state index in [1.165, 1.54) is 32.1 Å². The normalized spacial score (nSPS) is 56.0. The molecule has 0 aliphatic heterocycles. The quantitative estimate of drug-likeness (QED) is 0.447. The van der Waals surface area contributed by atoms with Gasteiger partial charge < -0.3 is 0 Å². The molecule has 0 radical (unpaired) electrons. The van der Waals surface area contributed by atoms with Gasteiger partial charge >= 0.3 is 0 Å². The first-order chi connectivity index (χ1) is 4.89. The molecule has 54 valence electrons. The first-order valence-electron chi connectivity index (χ1n) is 4.58. The third kappa shape index (κ3) is 0.457. The smallest absolute Gasteiger partial charge is 0.00841 e. The van der Waals surface area contributed by atoms with Crippen LogP contribution in [0.5, 0.6) is 0 Å². The van der Waals surface area contributed by atoms with Crippen LogP contribution in [0.15, 0.2) is 12.2 Å². The Morgan fingerprint density at radius 2 is 2.40 bits per heavy atom. The van der Waals surface area contributed by atoms with Crippen LogP contribution in [0.2, 0.25) is 0 Å². The third-order valence-corrected chi connectivity index (χ3v) is 3.94. The van der Waals surface area contributed by atoms with Gasteiger partial charge in [-0.1, -0.05) is 18.6 Å². The van der Waals surface area contributed by atoms with E-state index in [1.807, 2.05) is 0 Å². The fraction of sp³-hybridized carbons (Fsp3) is 0.800. The summed E-state index contributed by atoms with van der Waals surface area (Å²) in [6.07, 6.45) is 12.6. The van der Waals surface area contributed by atoms with Gasteiger partial charge in [-0.3, -0.25) is 0 Å². The van der Waals surface area contributed by atoms with Crippen molar-refractivity contribution in [2.45, 2.75) is 32.1 Å². The average Bonchev–Trinajstić information content (AvgIpc) is 2.48. The Balaban J connectivity index is 2.07. The van der Waals surface area contributed by atoms with Crippen LogP contribution in [0.4, 0.5) is 0 Å². The van der Waals surface area contributed by atoms with Crippen molar-refractivity contribution in [1.29, 1.82) is 0 Å². The molecule has 0 heteroatoms. The fourth-order valence-corrected chi connectivity index (χ4v) is 3.49. The van der Waals surface area contributed by atoms with Gasteiger partial charge in [0.1, 0.15) is 0 Å². The number of fused-ring (bicyclic) bond motifs is 1. The largest absolute Gasteiger partial charge is 0.0848 e. The third-order valence-electron chi connectivity index (χ3n) is 3.94. The van der Waals surface area contributed by atoms with Crippen molar-refractivity contribution in [1.82, 2.24) is 0 Å². The zero-order valence-corrected chi connectivity index (χ0v) is 6.34. The molecule has 2 fully saturated rings. The Labute approximate surface area is 62.3 Å². The molecule has 3 aliphatic carbocycles. The summed E-state index contributed by atoms with van der Waals surface area (Å²) in [7, 11) is 0. The minimum Gasteiger partial charge on any atom is -0.0848 e. The lowest BCUT2D eigenvalue weighted by atomic mass is 9.81. The molecule has 0 aromatic heterocycles. The molecule has 0 nitrogen and oxygen atoms in total. The molecule has 0 saturated heterocycles. The van der Waals surface area contributed by atoms with Crippen molar-refractivity contribution >= 4 is 0 Å². The van der Waals surface area contributed by atoms with Crippen LogP contribution in [-0.4, -0.2) is 0 Å². The number of hydrogen-bond acceptors (Lipinski definition) is 0. The van der Waals surface area contributed by atoms with Gasteiger partial charge in [0.05, 0.1) is 0 Å². The van der Waals surface area contributed by atoms with Gasteiger partial charge in [-0.15, -0.1) is 0 Å². The second kappa shape index (κ2) is 1.49. The average molecular weight is 134 g/mol. The Morgan fingerprint density at radius 3 is 3.20 bits per heavy atom. The summed E-state index contributed by atoms with van der Waals surface area (Å²) in [6, 6.07) is 0. The predicted molar refractivity (Wildman–Crippen MR) is 41.6 cm³/mol. The molecule has 0 heterocycles. The van der Waals surface area contributed by atoms with Gasteiger partial charge in [-0.2, -0.15) is 0 Å². The van der Waals surface area contributed by atoms with E-state index in [4.69, 9.17) is 0 Å². The van der Waals surface area contributed by atoms with Crippen molar-refractivity contribution < 1.29 is 0 Å². The summed E-state index contributed by atoms with van der Waals surface area (Å²) < 4.78 is 0. The summed E-state index contributed by atoms with van der Waals surface area (Å²) in [6.45, 7) is 0. The van der Waals surface area contributed by atoms with E-state index in [0.717, 1.165) is 17.3 Å². The molecule has 0 aromatic rings. The van der Waals surface area contributed by atoms with Crippen molar-refractivity contribution in [3.05, 3.63) is 12.2 Å². The van der Waals surface area contributed by atoms with Crippen LogP contribution in [0, 0.1) is 17.3 Å². The first-order valence-corrected chi connectivity index (χ1v) is 4.58. The summed E-state index contributed by atoms with van der Waals surface area (Å²) >= 11 is 0. The highest BCUT2D eigenvalue weighted by Crippen LogP contribution is 2.61. The summed E-state index contributed by atoms with van der Waals surface area (Å²) in [5, 5.41) is 0. The molecule has 2 saturated carbocycles. The van der Waals surface area contributed by atoms with E-state index in [2.05, 4.69) is 12.2 Å². The van der Waals surface area contributed by atoms with Gasteiger partial charge in [0.15, 0.2) is 0 Å². The number of allylic oxidation sites excluding steroid dienone is 2. The molecule has 0 unspecified atom stereocenters. The van der Waals surface area contributed by atoms with E-state index in [9.17, 15) is 0 Å². The van der Waals surface area contributed by atoms with Crippen LogP contribution in [-0.2, 0) is 0 Å². The predicted octanol–water partition coefficient (Wildman–Crippen LogP) is 2.75. The van der Waals surface area contributed by atoms with Gasteiger partial charge in [-0.05, 0) is 42.9 Å². The Morgan fingerprint density at radius 1 is 1.40 bits per heavy atom. The highest BCUT2D eigenvalue weighted by molar-refractivity contribution is 5.20. The van der Waals surface area contributed by atoms with Gasteiger partial charge in [0.2, 0.25) is 0 Å². The molecule has 3 atom stereocenters. The summed E-state index contributed by atoms with van der Waals surface area (Å²) in [5.74, 6) is 2.09. The lowest BCUT2D eigenvalue weighted by Gasteiger charge is -2.23. The first kappa shape index (κ1) is 5.40. The molecule has 10 heavy (non-hydrogen) atoms. The minimum absolute atomic E-state index is 0.741. The maximum atomic E-state index is 2.54. The zero-order valence-electron chi connectivity index (χ0n) is 6.34. The molecular formula is C10H14. The molecule has 0 aromatic carbocycles. The van der Waals surface area contributed by atoms with Crippen molar-refractivity contribution in [2.75, 3.05) is 0 Å².